The molecule has 53 heavy (non-hydrogen) atoms. The number of hydrogen-bond acceptors (Lipinski definition) is 0. The zero-order valence-electron chi connectivity index (χ0n) is 29.0. The molecule has 0 N–H and O–H groups in total. The van der Waals surface area contributed by atoms with Gasteiger partial charge in [-0.25, -0.2) is 0 Å². The fraction of sp³-hybridized carbons (Fsp3) is 0. The minimum absolute atomic E-state index is 1.17. The van der Waals surface area contributed by atoms with E-state index < -0.39 is 0 Å². The molecule has 0 bridgehead atoms. The summed E-state index contributed by atoms with van der Waals surface area (Å²) in [5.74, 6) is 0. The highest BCUT2D eigenvalue weighted by Gasteiger charge is 2.23. The molecule has 11 aromatic rings. The zero-order valence-corrected chi connectivity index (χ0v) is 29.0. The first-order valence-electron chi connectivity index (χ1n) is 18.4. The van der Waals surface area contributed by atoms with Crippen LogP contribution in [0.2, 0.25) is 0 Å². The summed E-state index contributed by atoms with van der Waals surface area (Å²) in [6.45, 7) is 0. The van der Waals surface area contributed by atoms with E-state index in [1.807, 2.05) is 0 Å². The van der Waals surface area contributed by atoms with Crippen molar-refractivity contribution < 1.29 is 0 Å². The van der Waals surface area contributed by atoms with Crippen LogP contribution in [0.1, 0.15) is 0 Å². The molecule has 0 aliphatic rings. The molecule has 0 spiro atoms. The Bertz CT molecular complexity index is 3090. The predicted octanol–water partition coefficient (Wildman–Crippen LogP) is 14.4. The Morgan fingerprint density at radius 3 is 1.08 bits per heavy atom. The first-order chi connectivity index (χ1) is 26.3. The van der Waals surface area contributed by atoms with Gasteiger partial charge in [-0.3, -0.25) is 0 Å². The first kappa shape index (κ1) is 29.7. The van der Waals surface area contributed by atoms with E-state index in [-0.39, 0.29) is 0 Å². The van der Waals surface area contributed by atoms with Crippen molar-refractivity contribution in [1.82, 2.24) is 4.57 Å². The van der Waals surface area contributed by atoms with E-state index in [1.165, 1.54) is 104 Å². The van der Waals surface area contributed by atoms with Crippen LogP contribution in [0.15, 0.2) is 200 Å². The summed E-state index contributed by atoms with van der Waals surface area (Å²) < 4.78 is 2.39. The number of fused-ring (bicyclic) bond motifs is 7. The molecule has 0 fully saturated rings. The summed E-state index contributed by atoms with van der Waals surface area (Å²) in [4.78, 5) is 0. The van der Waals surface area contributed by atoms with Crippen molar-refractivity contribution in [3.8, 4) is 39.1 Å². The summed E-state index contributed by atoms with van der Waals surface area (Å²) in [6.07, 6.45) is 0. The maximum atomic E-state index is 2.42. The van der Waals surface area contributed by atoms with Gasteiger partial charge in [0.25, 0.3) is 0 Å². The molecule has 0 aliphatic heterocycles. The molecule has 0 saturated heterocycles. The Kier molecular flexibility index (Phi) is 6.62. The van der Waals surface area contributed by atoms with E-state index in [2.05, 4.69) is 205 Å². The van der Waals surface area contributed by atoms with Gasteiger partial charge in [-0.1, -0.05) is 170 Å². The number of aromatic nitrogens is 1. The van der Waals surface area contributed by atoms with E-state index in [9.17, 15) is 0 Å². The topological polar surface area (TPSA) is 4.93 Å². The molecular formula is C52H33N. The van der Waals surface area contributed by atoms with Crippen molar-refractivity contribution in [3.05, 3.63) is 200 Å². The van der Waals surface area contributed by atoms with Crippen LogP contribution >= 0.6 is 0 Å². The molecule has 246 valence electrons. The molecule has 1 aromatic heterocycles. The van der Waals surface area contributed by atoms with Crippen LogP contribution in [0.25, 0.3) is 104 Å². The Hall–Kier alpha value is -6.96. The Morgan fingerprint density at radius 2 is 0.585 bits per heavy atom. The molecular weight excluding hydrogens is 639 g/mol. The average Bonchev–Trinajstić information content (AvgIpc) is 3.56. The van der Waals surface area contributed by atoms with E-state index in [4.69, 9.17) is 0 Å². The van der Waals surface area contributed by atoms with Crippen molar-refractivity contribution in [1.29, 1.82) is 0 Å². The fourth-order valence-electron chi connectivity index (χ4n) is 9.01. The highest BCUT2D eigenvalue weighted by atomic mass is 15.0. The second-order valence-corrected chi connectivity index (χ2v) is 14.0. The van der Waals surface area contributed by atoms with Gasteiger partial charge in [0.2, 0.25) is 0 Å². The van der Waals surface area contributed by atoms with Gasteiger partial charge in [0.1, 0.15) is 0 Å². The molecule has 1 heteroatoms. The number of nitrogens with zero attached hydrogens (tertiary/aromatic N) is 1. The molecule has 0 aliphatic carbocycles. The Balaban J connectivity index is 1.25. The van der Waals surface area contributed by atoms with Crippen molar-refractivity contribution in [3.63, 3.8) is 0 Å². The summed E-state index contributed by atoms with van der Waals surface area (Å²) in [6, 6.07) is 73.5. The molecule has 11 rings (SSSR count). The second-order valence-electron chi connectivity index (χ2n) is 14.0. The standard InChI is InChI=1S/C52H33N/c1-3-17-34(18-4-1)49-38-22-7-11-26-42(38)51(43-27-12-8-23-39(43)49)52-44-28-13-9-24-40(44)50(41-25-10-14-29-45(41)52)35-31-32-48-46(33-35)37-21-15-16-30-47(37)53(48)36-19-5-2-6-20-36/h1-33H. The zero-order chi connectivity index (χ0) is 34.9. The third-order valence-electron chi connectivity index (χ3n) is 11.2. The largest absolute Gasteiger partial charge is 0.309 e. The summed E-state index contributed by atoms with van der Waals surface area (Å²) >= 11 is 0. The van der Waals surface area contributed by atoms with E-state index in [0.717, 1.165) is 0 Å². The van der Waals surface area contributed by atoms with Crippen LogP contribution < -0.4 is 0 Å². The number of benzene rings is 10. The van der Waals surface area contributed by atoms with Gasteiger partial charge in [-0.15, -0.1) is 0 Å². The first-order valence-corrected chi connectivity index (χ1v) is 18.4. The number of para-hydroxylation sites is 2. The second kappa shape index (κ2) is 11.8. The number of hydrogen-bond donors (Lipinski definition) is 0. The highest BCUT2D eigenvalue weighted by molar-refractivity contribution is 6.30. The van der Waals surface area contributed by atoms with Gasteiger partial charge in [-0.05, 0) is 107 Å². The molecule has 0 unspecified atom stereocenters. The van der Waals surface area contributed by atoms with Crippen LogP contribution in [0, 0.1) is 0 Å². The van der Waals surface area contributed by atoms with Gasteiger partial charge >= 0.3 is 0 Å². The van der Waals surface area contributed by atoms with Gasteiger partial charge in [0.15, 0.2) is 0 Å². The molecule has 0 radical (unpaired) electrons. The maximum Gasteiger partial charge on any atom is 0.0541 e. The molecule has 0 atom stereocenters. The Labute approximate surface area is 307 Å². The lowest BCUT2D eigenvalue weighted by Crippen LogP contribution is -1.95. The van der Waals surface area contributed by atoms with Gasteiger partial charge in [0, 0.05) is 16.5 Å². The van der Waals surface area contributed by atoms with E-state index in [1.54, 1.807) is 0 Å². The molecule has 0 saturated carbocycles. The van der Waals surface area contributed by atoms with Crippen LogP contribution in [0.3, 0.4) is 0 Å². The summed E-state index contributed by atoms with van der Waals surface area (Å²) in [5.41, 5.74) is 11.2. The van der Waals surface area contributed by atoms with Gasteiger partial charge < -0.3 is 4.57 Å². The van der Waals surface area contributed by atoms with Crippen molar-refractivity contribution in [2.75, 3.05) is 0 Å². The van der Waals surface area contributed by atoms with Crippen LogP contribution in [-0.4, -0.2) is 4.57 Å². The molecule has 0 amide bonds. The average molecular weight is 672 g/mol. The lowest BCUT2D eigenvalue weighted by Gasteiger charge is -2.22. The van der Waals surface area contributed by atoms with Crippen LogP contribution in [-0.2, 0) is 0 Å². The lowest BCUT2D eigenvalue weighted by molar-refractivity contribution is 1.18. The maximum absolute atomic E-state index is 2.42. The van der Waals surface area contributed by atoms with Crippen LogP contribution in [0.4, 0.5) is 0 Å². The van der Waals surface area contributed by atoms with Crippen LogP contribution in [0.5, 0.6) is 0 Å². The number of rotatable bonds is 4. The highest BCUT2D eigenvalue weighted by Crippen LogP contribution is 2.50. The van der Waals surface area contributed by atoms with Gasteiger partial charge in [0.05, 0.1) is 11.0 Å². The van der Waals surface area contributed by atoms with Crippen molar-refractivity contribution in [2.24, 2.45) is 0 Å². The van der Waals surface area contributed by atoms with E-state index >= 15 is 0 Å². The lowest BCUT2D eigenvalue weighted by atomic mass is 9.81. The summed E-state index contributed by atoms with van der Waals surface area (Å²) in [5, 5.41) is 12.6. The minimum Gasteiger partial charge on any atom is -0.309 e. The Morgan fingerprint density at radius 1 is 0.226 bits per heavy atom. The minimum atomic E-state index is 1.17. The SMILES string of the molecule is c1ccc(-c2c3ccccc3c(-c3c4ccccc4c(-c4ccc5c(c4)c4ccccc4n5-c4ccccc4)c4ccccc34)c3ccccc23)cc1. The fourth-order valence-corrected chi connectivity index (χ4v) is 9.01. The van der Waals surface area contributed by atoms with Gasteiger partial charge in [-0.2, -0.15) is 0 Å². The monoisotopic (exact) mass is 671 g/mol. The van der Waals surface area contributed by atoms with E-state index in [0.29, 0.717) is 0 Å². The molecule has 1 heterocycles. The molecule has 10 aromatic carbocycles. The third kappa shape index (κ3) is 4.44. The predicted molar refractivity (Wildman–Crippen MR) is 227 cm³/mol. The molecule has 1 nitrogen and oxygen atoms in total. The van der Waals surface area contributed by atoms with Crippen molar-refractivity contribution >= 4 is 64.9 Å². The smallest absolute Gasteiger partial charge is 0.0541 e. The summed E-state index contributed by atoms with van der Waals surface area (Å²) in [7, 11) is 0. The third-order valence-corrected chi connectivity index (χ3v) is 11.2. The normalized spacial score (nSPS) is 11.8. The quantitative estimate of drug-likeness (QED) is 0.164. The van der Waals surface area contributed by atoms with Crippen molar-refractivity contribution in [2.45, 2.75) is 0 Å².